The summed E-state index contributed by atoms with van der Waals surface area (Å²) < 4.78 is 77.5. The van der Waals surface area contributed by atoms with Gasteiger partial charge >= 0.3 is 12.4 Å². The second kappa shape index (κ2) is 4.08. The Kier molecular flexibility index (Phi) is 3.26. The number of carbonyl (C=O) groups is 1. The molecule has 0 fully saturated rings. The van der Waals surface area contributed by atoms with Crippen molar-refractivity contribution in [2.45, 2.75) is 19.3 Å². The Morgan fingerprint density at radius 1 is 1.12 bits per heavy atom. The highest BCUT2D eigenvalue weighted by atomic mass is 19.4. The third-order valence-electron chi connectivity index (χ3n) is 1.90. The molecule has 0 unspecified atom stereocenters. The third-order valence-corrected chi connectivity index (χ3v) is 1.90. The highest BCUT2D eigenvalue weighted by Gasteiger charge is 2.61. The van der Waals surface area contributed by atoms with Crippen LogP contribution in [-0.2, 0) is 0 Å². The summed E-state index contributed by atoms with van der Waals surface area (Å²) in [6.45, 7) is 1.30. The van der Waals surface area contributed by atoms with Crippen molar-refractivity contribution in [3.05, 3.63) is 23.7 Å². The van der Waals surface area contributed by atoms with Gasteiger partial charge in [0, 0.05) is 0 Å². The van der Waals surface area contributed by atoms with Crippen molar-refractivity contribution in [2.75, 3.05) is 0 Å². The van der Waals surface area contributed by atoms with Crippen LogP contribution in [0.25, 0.3) is 0 Å². The van der Waals surface area contributed by atoms with Gasteiger partial charge in [-0.1, -0.05) is 0 Å². The largest absolute Gasteiger partial charge is 0.458 e. The molecule has 0 aliphatic rings. The summed E-state index contributed by atoms with van der Waals surface area (Å²) in [5.74, 6) is -7.10. The standard InChI is InChI=1S/C9H6F6O2/c1-4-2-3-5(17-4)6(16)7(8(10,11)12)9(13,14)15/h2-3,7H,1H3. The monoisotopic (exact) mass is 260 g/mol. The summed E-state index contributed by atoms with van der Waals surface area (Å²) in [4.78, 5) is 11.1. The van der Waals surface area contributed by atoms with Crippen LogP contribution < -0.4 is 0 Å². The maximum atomic E-state index is 12.2. The lowest BCUT2D eigenvalue weighted by Gasteiger charge is -2.20. The summed E-state index contributed by atoms with van der Waals surface area (Å²) in [6.07, 6.45) is -11.4. The number of hydrogen-bond donors (Lipinski definition) is 0. The van der Waals surface area contributed by atoms with Gasteiger partial charge in [0.15, 0.2) is 5.76 Å². The Hall–Kier alpha value is -1.47. The third kappa shape index (κ3) is 3.01. The lowest BCUT2D eigenvalue weighted by atomic mass is 10.0. The first-order chi connectivity index (χ1) is 7.53. The smallest absolute Gasteiger partial charge is 0.407 e. The molecule has 17 heavy (non-hydrogen) atoms. The SMILES string of the molecule is Cc1ccc(C(=O)C(C(F)(F)F)C(F)(F)F)o1. The fourth-order valence-corrected chi connectivity index (χ4v) is 1.19. The van der Waals surface area contributed by atoms with Crippen LogP contribution in [0.1, 0.15) is 16.3 Å². The predicted molar refractivity (Wildman–Crippen MR) is 43.4 cm³/mol. The minimum absolute atomic E-state index is 0.0523. The number of ketones is 1. The van der Waals surface area contributed by atoms with E-state index < -0.39 is 29.8 Å². The molecule has 0 spiro atoms. The first kappa shape index (κ1) is 13.6. The lowest BCUT2D eigenvalue weighted by Crippen LogP contribution is -2.42. The molecular formula is C9H6F6O2. The van der Waals surface area contributed by atoms with Gasteiger partial charge in [-0.25, -0.2) is 0 Å². The Balaban J connectivity index is 3.13. The molecule has 8 heteroatoms. The highest BCUT2D eigenvalue weighted by Crippen LogP contribution is 2.41. The minimum atomic E-state index is -5.70. The van der Waals surface area contributed by atoms with E-state index in [2.05, 4.69) is 4.42 Å². The molecule has 1 aromatic heterocycles. The van der Waals surface area contributed by atoms with E-state index in [9.17, 15) is 31.1 Å². The van der Waals surface area contributed by atoms with Crippen LogP contribution in [-0.4, -0.2) is 18.1 Å². The van der Waals surface area contributed by atoms with Gasteiger partial charge in [0.05, 0.1) is 0 Å². The summed E-state index contributed by atoms with van der Waals surface area (Å²) in [5, 5.41) is 0. The predicted octanol–water partition coefficient (Wildman–Crippen LogP) is 3.51. The van der Waals surface area contributed by atoms with Crippen molar-refractivity contribution in [3.63, 3.8) is 0 Å². The van der Waals surface area contributed by atoms with Gasteiger partial charge in [0.2, 0.25) is 11.7 Å². The Labute approximate surface area is 91.2 Å². The number of carbonyl (C=O) groups excluding carboxylic acids is 1. The molecule has 0 amide bonds. The molecule has 0 atom stereocenters. The van der Waals surface area contributed by atoms with Crippen molar-refractivity contribution in [3.8, 4) is 0 Å². The Morgan fingerprint density at radius 3 is 1.88 bits per heavy atom. The van der Waals surface area contributed by atoms with Gasteiger partial charge in [-0.05, 0) is 19.1 Å². The van der Waals surface area contributed by atoms with E-state index in [1.165, 1.54) is 6.92 Å². The molecule has 0 saturated heterocycles. The Morgan fingerprint density at radius 2 is 1.59 bits per heavy atom. The zero-order valence-electron chi connectivity index (χ0n) is 8.32. The van der Waals surface area contributed by atoms with Gasteiger partial charge < -0.3 is 4.42 Å². The van der Waals surface area contributed by atoms with E-state index in [1.807, 2.05) is 0 Å². The molecule has 1 rings (SSSR count). The zero-order chi connectivity index (χ0) is 13.4. The molecule has 0 aromatic carbocycles. The van der Waals surface area contributed by atoms with E-state index in [0.29, 0.717) is 0 Å². The van der Waals surface area contributed by atoms with Gasteiger partial charge in [-0.3, -0.25) is 4.79 Å². The highest BCUT2D eigenvalue weighted by molar-refractivity contribution is 5.96. The van der Waals surface area contributed by atoms with Crippen LogP contribution in [0.2, 0.25) is 0 Å². The van der Waals surface area contributed by atoms with Gasteiger partial charge in [0.25, 0.3) is 0 Å². The van der Waals surface area contributed by atoms with Crippen molar-refractivity contribution < 1.29 is 35.6 Å². The number of hydrogen-bond acceptors (Lipinski definition) is 2. The second-order valence-electron chi connectivity index (χ2n) is 3.29. The molecule has 0 bridgehead atoms. The van der Waals surface area contributed by atoms with Crippen LogP contribution in [0.4, 0.5) is 26.3 Å². The van der Waals surface area contributed by atoms with Crippen LogP contribution in [0.3, 0.4) is 0 Å². The van der Waals surface area contributed by atoms with Crippen molar-refractivity contribution in [1.82, 2.24) is 0 Å². The lowest BCUT2D eigenvalue weighted by molar-refractivity contribution is -0.265. The van der Waals surface area contributed by atoms with E-state index in [1.54, 1.807) is 0 Å². The Bertz CT molecular complexity index is 400. The van der Waals surface area contributed by atoms with Gasteiger partial charge in [-0.2, -0.15) is 26.3 Å². The number of furan rings is 1. The number of aryl methyl sites for hydroxylation is 1. The summed E-state index contributed by atoms with van der Waals surface area (Å²) in [5.41, 5.74) is 0. The number of alkyl halides is 6. The van der Waals surface area contributed by atoms with Crippen LogP contribution in [0, 0.1) is 12.8 Å². The molecule has 0 saturated carbocycles. The molecule has 96 valence electrons. The van der Waals surface area contributed by atoms with Gasteiger partial charge in [-0.15, -0.1) is 0 Å². The summed E-state index contributed by atoms with van der Waals surface area (Å²) >= 11 is 0. The normalized spacial score (nSPS) is 13.2. The van der Waals surface area contributed by atoms with E-state index in [0.717, 1.165) is 12.1 Å². The molecule has 0 radical (unpaired) electrons. The summed E-state index contributed by atoms with van der Waals surface area (Å²) in [7, 11) is 0. The number of rotatable bonds is 2. The van der Waals surface area contributed by atoms with Crippen molar-refractivity contribution in [1.29, 1.82) is 0 Å². The maximum absolute atomic E-state index is 12.2. The van der Waals surface area contributed by atoms with Crippen LogP contribution in [0.15, 0.2) is 16.5 Å². The average molecular weight is 260 g/mol. The minimum Gasteiger partial charge on any atom is -0.458 e. The van der Waals surface area contributed by atoms with Crippen molar-refractivity contribution >= 4 is 5.78 Å². The molecule has 2 nitrogen and oxygen atoms in total. The molecule has 0 aliphatic carbocycles. The fraction of sp³-hybridized carbons (Fsp3) is 0.444. The fourth-order valence-electron chi connectivity index (χ4n) is 1.19. The molecule has 0 aliphatic heterocycles. The molecule has 1 heterocycles. The quantitative estimate of drug-likeness (QED) is 0.601. The van der Waals surface area contributed by atoms with E-state index >= 15 is 0 Å². The second-order valence-corrected chi connectivity index (χ2v) is 3.29. The van der Waals surface area contributed by atoms with Crippen LogP contribution >= 0.6 is 0 Å². The number of halogens is 6. The number of Topliss-reactive ketones (excluding diaryl/α,β-unsaturated/α-hetero) is 1. The van der Waals surface area contributed by atoms with E-state index in [-0.39, 0.29) is 5.76 Å². The maximum Gasteiger partial charge on any atom is 0.407 e. The molecule has 0 N–H and O–H groups in total. The zero-order valence-corrected chi connectivity index (χ0v) is 8.32. The first-order valence-electron chi connectivity index (χ1n) is 4.27. The van der Waals surface area contributed by atoms with Gasteiger partial charge in [0.1, 0.15) is 5.76 Å². The summed E-state index contributed by atoms with van der Waals surface area (Å²) in [6, 6.07) is 1.89. The molecular weight excluding hydrogens is 254 g/mol. The van der Waals surface area contributed by atoms with Crippen LogP contribution in [0.5, 0.6) is 0 Å². The topological polar surface area (TPSA) is 30.2 Å². The van der Waals surface area contributed by atoms with E-state index in [4.69, 9.17) is 0 Å². The van der Waals surface area contributed by atoms with Crippen molar-refractivity contribution in [2.24, 2.45) is 5.92 Å². The average Bonchev–Trinajstić information content (AvgIpc) is 2.45. The molecule has 1 aromatic rings. The first-order valence-corrected chi connectivity index (χ1v) is 4.27.